The molecule has 2 N–H and O–H groups in total. The molecule has 1 heterocycles. The third-order valence-corrected chi connectivity index (χ3v) is 2.88. The topological polar surface area (TPSA) is 92.2 Å². The van der Waals surface area contributed by atoms with Crippen molar-refractivity contribution >= 4 is 35.2 Å². The number of carbonyl (C=O) groups is 2. The van der Waals surface area contributed by atoms with Gasteiger partial charge in [0.05, 0.1) is 11.2 Å². The van der Waals surface area contributed by atoms with Gasteiger partial charge in [-0.2, -0.15) is 0 Å². The van der Waals surface area contributed by atoms with Crippen molar-refractivity contribution in [2.45, 2.75) is 17.6 Å². The molecule has 19 heavy (non-hydrogen) atoms. The van der Waals surface area contributed by atoms with Crippen molar-refractivity contribution in [1.82, 2.24) is 15.3 Å². The lowest BCUT2D eigenvalue weighted by atomic mass is 10.2. The smallest absolute Gasteiger partial charge is 0.327 e. The third kappa shape index (κ3) is 4.12. The zero-order valence-electron chi connectivity index (χ0n) is 9.88. The molecule has 6 nitrogen and oxygen atoms in total. The summed E-state index contributed by atoms with van der Waals surface area (Å²) in [6, 6.07) is -1.18. The second-order valence-corrected chi connectivity index (χ2v) is 4.51. The SMILES string of the molecule is C#CCC(NC(=O)c1nc(SC)ncc1Cl)C(=O)O. The fourth-order valence-electron chi connectivity index (χ4n) is 1.15. The zero-order chi connectivity index (χ0) is 14.4. The molecule has 0 aliphatic heterocycles. The van der Waals surface area contributed by atoms with Crippen LogP contribution in [-0.4, -0.2) is 39.2 Å². The Kier molecular flexibility index (Phi) is 5.60. The molecule has 0 saturated heterocycles. The summed E-state index contributed by atoms with van der Waals surface area (Å²) < 4.78 is 0. The standard InChI is InChI=1S/C11H10ClN3O3S/c1-3-4-7(10(17)18)14-9(16)8-6(12)5-13-11(15-8)19-2/h1,5,7H,4H2,2H3,(H,14,16)(H,17,18). The van der Waals surface area contributed by atoms with Crippen LogP contribution in [0, 0.1) is 12.3 Å². The van der Waals surface area contributed by atoms with E-state index in [1.54, 1.807) is 6.26 Å². The second kappa shape index (κ2) is 6.97. The van der Waals surface area contributed by atoms with Crippen LogP contribution < -0.4 is 5.32 Å². The highest BCUT2D eigenvalue weighted by Gasteiger charge is 2.22. The molecule has 1 rings (SSSR count). The molecular formula is C11H10ClN3O3S. The fraction of sp³-hybridized carbons (Fsp3) is 0.273. The Morgan fingerprint density at radius 1 is 1.68 bits per heavy atom. The lowest BCUT2D eigenvalue weighted by Gasteiger charge is -2.12. The average Bonchev–Trinajstić information content (AvgIpc) is 2.38. The van der Waals surface area contributed by atoms with Crippen LogP contribution >= 0.6 is 23.4 Å². The second-order valence-electron chi connectivity index (χ2n) is 3.33. The van der Waals surface area contributed by atoms with E-state index in [-0.39, 0.29) is 17.1 Å². The molecule has 0 saturated carbocycles. The number of aromatic nitrogens is 2. The number of amides is 1. The number of thioether (sulfide) groups is 1. The lowest BCUT2D eigenvalue weighted by Crippen LogP contribution is -2.41. The van der Waals surface area contributed by atoms with Crippen molar-refractivity contribution in [3.8, 4) is 12.3 Å². The predicted molar refractivity (Wildman–Crippen MR) is 71.2 cm³/mol. The Balaban J connectivity index is 2.94. The normalized spacial score (nSPS) is 11.4. The van der Waals surface area contributed by atoms with Crippen LogP contribution in [0.15, 0.2) is 11.4 Å². The summed E-state index contributed by atoms with van der Waals surface area (Å²) in [7, 11) is 0. The number of nitrogens with one attached hydrogen (secondary N) is 1. The molecule has 1 aromatic heterocycles. The van der Waals surface area contributed by atoms with Crippen LogP contribution in [0.25, 0.3) is 0 Å². The van der Waals surface area contributed by atoms with Gasteiger partial charge in [0.1, 0.15) is 6.04 Å². The van der Waals surface area contributed by atoms with Gasteiger partial charge in [-0.25, -0.2) is 14.8 Å². The van der Waals surface area contributed by atoms with E-state index >= 15 is 0 Å². The molecule has 0 aliphatic rings. The van der Waals surface area contributed by atoms with Crippen molar-refractivity contribution in [3.05, 3.63) is 16.9 Å². The number of aliphatic carboxylic acids is 1. The number of terminal acetylenes is 1. The first-order valence-corrected chi connectivity index (χ1v) is 6.63. The molecule has 0 fully saturated rings. The predicted octanol–water partition coefficient (Wildman–Crippen LogP) is 1.06. The van der Waals surface area contributed by atoms with Gasteiger partial charge in [-0.05, 0) is 6.26 Å². The van der Waals surface area contributed by atoms with E-state index in [0.29, 0.717) is 5.16 Å². The Hall–Kier alpha value is -1.78. The highest BCUT2D eigenvalue weighted by molar-refractivity contribution is 7.98. The number of hydrogen-bond acceptors (Lipinski definition) is 5. The van der Waals surface area contributed by atoms with Crippen molar-refractivity contribution in [1.29, 1.82) is 0 Å². The molecule has 0 bridgehead atoms. The van der Waals surface area contributed by atoms with E-state index < -0.39 is 17.9 Å². The van der Waals surface area contributed by atoms with Crippen molar-refractivity contribution in [2.75, 3.05) is 6.26 Å². The molecule has 8 heteroatoms. The maximum Gasteiger partial charge on any atom is 0.327 e. The van der Waals surface area contributed by atoms with Crippen LogP contribution in [-0.2, 0) is 4.79 Å². The summed E-state index contributed by atoms with van der Waals surface area (Å²) in [4.78, 5) is 30.6. The average molecular weight is 300 g/mol. The van der Waals surface area contributed by atoms with Gasteiger partial charge in [0, 0.05) is 6.42 Å². The van der Waals surface area contributed by atoms with E-state index in [1.807, 2.05) is 0 Å². The van der Waals surface area contributed by atoms with Gasteiger partial charge in [0.2, 0.25) is 0 Å². The summed E-state index contributed by atoms with van der Waals surface area (Å²) in [6.45, 7) is 0. The summed E-state index contributed by atoms with van der Waals surface area (Å²) in [5.41, 5.74) is -0.0794. The number of carboxylic acid groups (broad SMARTS) is 1. The van der Waals surface area contributed by atoms with E-state index in [9.17, 15) is 9.59 Å². The molecule has 1 atom stereocenters. The fourth-order valence-corrected chi connectivity index (χ4v) is 1.67. The number of carboxylic acids is 1. The molecule has 1 amide bonds. The number of halogens is 1. The van der Waals surface area contributed by atoms with Gasteiger partial charge in [-0.3, -0.25) is 4.79 Å². The highest BCUT2D eigenvalue weighted by atomic mass is 35.5. The van der Waals surface area contributed by atoms with Gasteiger partial charge in [-0.15, -0.1) is 12.3 Å². The van der Waals surface area contributed by atoms with Crippen LogP contribution in [0.1, 0.15) is 16.9 Å². The summed E-state index contributed by atoms with van der Waals surface area (Å²) in [5, 5.41) is 11.6. The maximum absolute atomic E-state index is 11.9. The molecule has 100 valence electrons. The molecular weight excluding hydrogens is 290 g/mol. The van der Waals surface area contributed by atoms with E-state index in [2.05, 4.69) is 21.2 Å². The number of carbonyl (C=O) groups excluding carboxylic acids is 1. The Morgan fingerprint density at radius 2 is 2.37 bits per heavy atom. The summed E-state index contributed by atoms with van der Waals surface area (Å²) in [6.07, 6.45) is 7.94. The minimum atomic E-state index is -1.22. The largest absolute Gasteiger partial charge is 0.480 e. The maximum atomic E-state index is 11.9. The van der Waals surface area contributed by atoms with E-state index in [0.717, 1.165) is 0 Å². The number of rotatable bonds is 5. The first kappa shape index (κ1) is 15.3. The molecule has 1 aromatic rings. The molecule has 0 aliphatic carbocycles. The first-order chi connectivity index (χ1) is 8.99. The molecule has 0 aromatic carbocycles. The molecule has 0 radical (unpaired) electrons. The van der Waals surface area contributed by atoms with E-state index in [1.165, 1.54) is 18.0 Å². The van der Waals surface area contributed by atoms with Crippen molar-refractivity contribution < 1.29 is 14.7 Å². The number of hydrogen-bond donors (Lipinski definition) is 2. The first-order valence-electron chi connectivity index (χ1n) is 5.03. The van der Waals surface area contributed by atoms with Crippen LogP contribution in [0.2, 0.25) is 5.02 Å². The monoisotopic (exact) mass is 299 g/mol. The third-order valence-electron chi connectivity index (χ3n) is 2.05. The molecule has 1 unspecified atom stereocenters. The van der Waals surface area contributed by atoms with Gasteiger partial charge >= 0.3 is 5.97 Å². The Bertz CT molecular complexity index is 544. The van der Waals surface area contributed by atoms with Gasteiger partial charge in [0.15, 0.2) is 10.9 Å². The molecule has 0 spiro atoms. The van der Waals surface area contributed by atoms with Gasteiger partial charge < -0.3 is 10.4 Å². The Labute approximate surface area is 119 Å². The van der Waals surface area contributed by atoms with Crippen LogP contribution in [0.5, 0.6) is 0 Å². The minimum absolute atomic E-state index is 0.0418. The summed E-state index contributed by atoms with van der Waals surface area (Å²) in [5.74, 6) is 0.254. The quantitative estimate of drug-likeness (QED) is 0.480. The zero-order valence-corrected chi connectivity index (χ0v) is 11.5. The summed E-state index contributed by atoms with van der Waals surface area (Å²) >= 11 is 7.04. The highest BCUT2D eigenvalue weighted by Crippen LogP contribution is 2.16. The lowest BCUT2D eigenvalue weighted by molar-refractivity contribution is -0.139. The van der Waals surface area contributed by atoms with Gasteiger partial charge in [-0.1, -0.05) is 23.4 Å². The van der Waals surface area contributed by atoms with Crippen LogP contribution in [0.4, 0.5) is 0 Å². The van der Waals surface area contributed by atoms with Crippen LogP contribution in [0.3, 0.4) is 0 Å². The van der Waals surface area contributed by atoms with E-state index in [4.69, 9.17) is 23.1 Å². The van der Waals surface area contributed by atoms with Crippen molar-refractivity contribution in [2.24, 2.45) is 0 Å². The van der Waals surface area contributed by atoms with Gasteiger partial charge in [0.25, 0.3) is 5.91 Å². The Morgan fingerprint density at radius 3 is 2.89 bits per heavy atom. The number of nitrogens with zero attached hydrogens (tertiary/aromatic N) is 2. The van der Waals surface area contributed by atoms with Crippen molar-refractivity contribution in [3.63, 3.8) is 0 Å². The minimum Gasteiger partial charge on any atom is -0.480 e.